The number of aliphatic carboxylic acids is 1. The summed E-state index contributed by atoms with van der Waals surface area (Å²) in [7, 11) is 1.84. The Kier molecular flexibility index (Phi) is 4.62. The second kappa shape index (κ2) is 5.97. The number of rotatable bonds is 4. The lowest BCUT2D eigenvalue weighted by Crippen LogP contribution is -2.17. The van der Waals surface area contributed by atoms with Gasteiger partial charge < -0.3 is 10.0 Å². The predicted molar refractivity (Wildman–Crippen MR) is 70.2 cm³/mol. The third-order valence-electron chi connectivity index (χ3n) is 2.13. The van der Waals surface area contributed by atoms with E-state index in [1.165, 1.54) is 6.08 Å². The number of carboxylic acids is 1. The average Bonchev–Trinajstić information content (AvgIpc) is 2.26. The lowest BCUT2D eigenvalue weighted by atomic mass is 10.2. The summed E-state index contributed by atoms with van der Waals surface area (Å²) in [5, 5.41) is 9.04. The zero-order chi connectivity index (χ0) is 12.8. The Hall–Kier alpha value is -1.92. The minimum atomic E-state index is -0.991. The second-order valence-electron chi connectivity index (χ2n) is 3.44. The van der Waals surface area contributed by atoms with E-state index in [1.807, 2.05) is 11.9 Å². The van der Waals surface area contributed by atoms with Crippen molar-refractivity contribution in [1.29, 1.82) is 0 Å². The Morgan fingerprint density at radius 1 is 1.65 bits per heavy atom. The van der Waals surface area contributed by atoms with Gasteiger partial charge in [-0.15, -0.1) is 6.42 Å². The van der Waals surface area contributed by atoms with Crippen LogP contribution in [0.4, 0.5) is 5.69 Å². The molecular formula is C13H12ClNO2. The first-order valence-electron chi connectivity index (χ1n) is 4.89. The molecule has 0 aliphatic rings. The van der Waals surface area contributed by atoms with Crippen LogP contribution in [-0.4, -0.2) is 24.7 Å². The summed E-state index contributed by atoms with van der Waals surface area (Å²) in [5.41, 5.74) is 1.55. The highest BCUT2D eigenvalue weighted by Crippen LogP contribution is 2.26. The normalized spacial score (nSPS) is 10.2. The minimum absolute atomic E-state index is 0.462. The summed E-state index contributed by atoms with van der Waals surface area (Å²) in [6, 6.07) is 5.29. The summed E-state index contributed by atoms with van der Waals surface area (Å²) in [5.74, 6) is 1.53. The molecule has 0 heterocycles. The lowest BCUT2D eigenvalue weighted by molar-refractivity contribution is -0.131. The highest BCUT2D eigenvalue weighted by Gasteiger charge is 2.05. The number of hydrogen-bond donors (Lipinski definition) is 1. The standard InChI is InChI=1S/C13H12ClNO2/c1-3-8-15(2)12-6-4-10(9-11(12)14)5-7-13(16)17/h1,4-7,9H,8H2,2H3,(H,16,17)/b7-5+. The Balaban J connectivity index is 2.94. The van der Waals surface area contributed by atoms with E-state index in [0.29, 0.717) is 11.6 Å². The van der Waals surface area contributed by atoms with Crippen molar-refractivity contribution in [2.45, 2.75) is 0 Å². The number of nitrogens with zero attached hydrogens (tertiary/aromatic N) is 1. The highest BCUT2D eigenvalue weighted by molar-refractivity contribution is 6.33. The third kappa shape index (κ3) is 3.86. The molecule has 1 aromatic carbocycles. The van der Waals surface area contributed by atoms with E-state index in [4.69, 9.17) is 23.1 Å². The molecule has 4 heteroatoms. The smallest absolute Gasteiger partial charge is 0.328 e. The van der Waals surface area contributed by atoms with Crippen LogP contribution in [0.1, 0.15) is 5.56 Å². The van der Waals surface area contributed by atoms with Gasteiger partial charge in [-0.25, -0.2) is 4.79 Å². The number of halogens is 1. The number of hydrogen-bond acceptors (Lipinski definition) is 2. The highest BCUT2D eigenvalue weighted by atomic mass is 35.5. The number of benzene rings is 1. The van der Waals surface area contributed by atoms with Gasteiger partial charge in [0.05, 0.1) is 17.3 Å². The van der Waals surface area contributed by atoms with Crippen LogP contribution in [0.3, 0.4) is 0 Å². The fourth-order valence-corrected chi connectivity index (χ4v) is 1.66. The lowest BCUT2D eigenvalue weighted by Gasteiger charge is -2.17. The van der Waals surface area contributed by atoms with Gasteiger partial charge in [0.1, 0.15) is 0 Å². The molecule has 1 N–H and O–H groups in total. The van der Waals surface area contributed by atoms with Crippen LogP contribution in [0.2, 0.25) is 5.02 Å². The summed E-state index contributed by atoms with van der Waals surface area (Å²) in [6.07, 6.45) is 7.77. The molecule has 0 aromatic heterocycles. The van der Waals surface area contributed by atoms with E-state index >= 15 is 0 Å². The Morgan fingerprint density at radius 2 is 2.35 bits per heavy atom. The molecule has 0 fully saturated rings. The maximum atomic E-state index is 10.4. The van der Waals surface area contributed by atoms with Crippen LogP contribution in [0.15, 0.2) is 24.3 Å². The topological polar surface area (TPSA) is 40.5 Å². The quantitative estimate of drug-likeness (QED) is 0.658. The zero-order valence-corrected chi connectivity index (χ0v) is 10.1. The van der Waals surface area contributed by atoms with Crippen molar-refractivity contribution in [2.24, 2.45) is 0 Å². The van der Waals surface area contributed by atoms with Crippen LogP contribution in [0, 0.1) is 12.3 Å². The van der Waals surface area contributed by atoms with Crippen molar-refractivity contribution in [1.82, 2.24) is 0 Å². The van der Waals surface area contributed by atoms with E-state index in [-0.39, 0.29) is 0 Å². The molecule has 0 radical (unpaired) electrons. The number of carboxylic acid groups (broad SMARTS) is 1. The zero-order valence-electron chi connectivity index (χ0n) is 9.35. The van der Waals surface area contributed by atoms with E-state index in [2.05, 4.69) is 5.92 Å². The first-order valence-corrected chi connectivity index (χ1v) is 5.27. The van der Waals surface area contributed by atoms with Gasteiger partial charge in [-0.2, -0.15) is 0 Å². The molecule has 1 rings (SSSR count). The van der Waals surface area contributed by atoms with Gasteiger partial charge in [0.15, 0.2) is 0 Å². The molecule has 0 amide bonds. The molecule has 0 bridgehead atoms. The van der Waals surface area contributed by atoms with Gasteiger partial charge in [-0.05, 0) is 23.8 Å². The summed E-state index contributed by atoms with van der Waals surface area (Å²) in [4.78, 5) is 12.2. The number of anilines is 1. The van der Waals surface area contributed by atoms with Crippen molar-refractivity contribution >= 4 is 29.3 Å². The van der Waals surface area contributed by atoms with Crippen molar-refractivity contribution in [2.75, 3.05) is 18.5 Å². The van der Waals surface area contributed by atoms with Crippen molar-refractivity contribution in [3.05, 3.63) is 34.9 Å². The molecule has 0 saturated carbocycles. The summed E-state index contributed by atoms with van der Waals surface area (Å²) >= 11 is 6.08. The summed E-state index contributed by atoms with van der Waals surface area (Å²) in [6.45, 7) is 0.462. The number of terminal acetylenes is 1. The molecule has 1 aromatic rings. The van der Waals surface area contributed by atoms with Crippen molar-refractivity contribution < 1.29 is 9.90 Å². The van der Waals surface area contributed by atoms with Crippen LogP contribution in [0.25, 0.3) is 6.08 Å². The largest absolute Gasteiger partial charge is 0.478 e. The van der Waals surface area contributed by atoms with Crippen LogP contribution in [0.5, 0.6) is 0 Å². The van der Waals surface area contributed by atoms with Crippen molar-refractivity contribution in [3.63, 3.8) is 0 Å². The fraction of sp³-hybridized carbons (Fsp3) is 0.154. The second-order valence-corrected chi connectivity index (χ2v) is 3.85. The van der Waals surface area contributed by atoms with Gasteiger partial charge in [0.2, 0.25) is 0 Å². The molecule has 0 atom stereocenters. The Morgan fingerprint density at radius 3 is 2.88 bits per heavy atom. The van der Waals surface area contributed by atoms with Crippen LogP contribution < -0.4 is 4.90 Å². The predicted octanol–water partition coefficient (Wildman–Crippen LogP) is 2.51. The van der Waals surface area contributed by atoms with Gasteiger partial charge in [0, 0.05) is 13.1 Å². The van der Waals surface area contributed by atoms with Gasteiger partial charge in [0.25, 0.3) is 0 Å². The minimum Gasteiger partial charge on any atom is -0.478 e. The third-order valence-corrected chi connectivity index (χ3v) is 2.43. The molecule has 0 saturated heterocycles. The molecule has 0 unspecified atom stereocenters. The Bertz CT molecular complexity index is 489. The molecular weight excluding hydrogens is 238 g/mol. The first kappa shape index (κ1) is 13.1. The first-order chi connectivity index (χ1) is 8.04. The monoisotopic (exact) mass is 249 g/mol. The van der Waals surface area contributed by atoms with Gasteiger partial charge in [-0.3, -0.25) is 0 Å². The molecule has 0 aliphatic carbocycles. The van der Waals surface area contributed by atoms with Crippen molar-refractivity contribution in [3.8, 4) is 12.3 Å². The van der Waals surface area contributed by atoms with E-state index in [9.17, 15) is 4.79 Å². The maximum absolute atomic E-state index is 10.4. The summed E-state index contributed by atoms with van der Waals surface area (Å²) < 4.78 is 0. The van der Waals surface area contributed by atoms with Crippen LogP contribution in [-0.2, 0) is 4.79 Å². The molecule has 0 aliphatic heterocycles. The van der Waals surface area contributed by atoms with Gasteiger partial charge in [-0.1, -0.05) is 23.6 Å². The van der Waals surface area contributed by atoms with E-state index in [0.717, 1.165) is 17.3 Å². The van der Waals surface area contributed by atoms with Crippen LogP contribution >= 0.6 is 11.6 Å². The maximum Gasteiger partial charge on any atom is 0.328 e. The molecule has 17 heavy (non-hydrogen) atoms. The van der Waals surface area contributed by atoms with E-state index in [1.54, 1.807) is 18.2 Å². The van der Waals surface area contributed by atoms with E-state index < -0.39 is 5.97 Å². The molecule has 0 spiro atoms. The van der Waals surface area contributed by atoms with Gasteiger partial charge >= 0.3 is 5.97 Å². The molecule has 3 nitrogen and oxygen atoms in total. The average molecular weight is 250 g/mol. The fourth-order valence-electron chi connectivity index (χ4n) is 1.33. The number of carbonyl (C=O) groups is 1. The molecule has 88 valence electrons. The SMILES string of the molecule is C#CCN(C)c1ccc(/C=C/C(=O)O)cc1Cl. The Labute approximate surface area is 105 Å².